The van der Waals surface area contributed by atoms with Gasteiger partial charge in [0.2, 0.25) is 5.88 Å². The summed E-state index contributed by atoms with van der Waals surface area (Å²) in [4.78, 5) is 18.2. The van der Waals surface area contributed by atoms with E-state index in [2.05, 4.69) is 10.3 Å². The largest absolute Gasteiger partial charge is 0.476 e. The molecule has 2 atom stereocenters. The van der Waals surface area contributed by atoms with Crippen LogP contribution in [-0.2, 0) is 4.74 Å². The number of anilines is 1. The first-order valence-corrected chi connectivity index (χ1v) is 6.89. The number of hydrogen-bond acceptors (Lipinski definition) is 4. The molecule has 6 heteroatoms. The third kappa shape index (κ3) is 3.60. The second-order valence-corrected chi connectivity index (χ2v) is 4.88. The topological polar surface area (TPSA) is 63.7 Å². The maximum Gasteiger partial charge on any atom is 0.322 e. The maximum atomic E-state index is 12.3. The van der Waals surface area contributed by atoms with Crippen LogP contribution < -0.4 is 10.1 Å². The smallest absolute Gasteiger partial charge is 0.322 e. The Morgan fingerprint density at radius 3 is 2.85 bits per heavy atom. The summed E-state index contributed by atoms with van der Waals surface area (Å²) in [6.07, 6.45) is 1.73. The second-order valence-electron chi connectivity index (χ2n) is 4.88. The molecule has 110 valence electrons. The number of carbonyl (C=O) groups excluding carboxylic acids is 1. The van der Waals surface area contributed by atoms with Crippen molar-refractivity contribution >= 4 is 11.7 Å². The van der Waals surface area contributed by atoms with Crippen molar-refractivity contribution in [1.29, 1.82) is 0 Å². The number of hydrogen-bond donors (Lipinski definition) is 1. The van der Waals surface area contributed by atoms with E-state index in [1.54, 1.807) is 23.2 Å². The van der Waals surface area contributed by atoms with E-state index in [9.17, 15) is 4.79 Å². The number of rotatable bonds is 3. The number of pyridine rings is 1. The van der Waals surface area contributed by atoms with Gasteiger partial charge in [-0.1, -0.05) is 0 Å². The quantitative estimate of drug-likeness (QED) is 0.920. The monoisotopic (exact) mass is 279 g/mol. The zero-order valence-corrected chi connectivity index (χ0v) is 12.1. The number of urea groups is 1. The van der Waals surface area contributed by atoms with Gasteiger partial charge < -0.3 is 19.7 Å². The lowest BCUT2D eigenvalue weighted by Crippen LogP contribution is -2.49. The van der Waals surface area contributed by atoms with Gasteiger partial charge in [-0.05, 0) is 32.9 Å². The molecular formula is C14H21N3O3. The van der Waals surface area contributed by atoms with Crippen molar-refractivity contribution < 1.29 is 14.3 Å². The van der Waals surface area contributed by atoms with E-state index in [0.29, 0.717) is 31.3 Å². The van der Waals surface area contributed by atoms with Crippen molar-refractivity contribution in [2.45, 2.75) is 33.0 Å². The Bertz CT molecular complexity index is 457. The Balaban J connectivity index is 2.04. The number of aromatic nitrogens is 1. The van der Waals surface area contributed by atoms with Crippen molar-refractivity contribution in [3.63, 3.8) is 0 Å². The molecule has 1 fully saturated rings. The highest BCUT2D eigenvalue weighted by molar-refractivity contribution is 5.90. The van der Waals surface area contributed by atoms with Crippen LogP contribution >= 0.6 is 0 Å². The minimum Gasteiger partial charge on any atom is -0.476 e. The van der Waals surface area contributed by atoms with E-state index in [-0.39, 0.29) is 18.2 Å². The summed E-state index contributed by atoms with van der Waals surface area (Å²) < 4.78 is 11.0. The molecule has 1 saturated heterocycles. The standard InChI is InChI=1S/C14H21N3O3/c1-4-19-13-12(6-5-7-15-13)16-14(18)17-8-10(2)20-11(3)9-17/h5-7,10-11H,4,8-9H2,1-3H3,(H,16,18)/t10-,11+. The Morgan fingerprint density at radius 1 is 1.50 bits per heavy atom. The lowest BCUT2D eigenvalue weighted by Gasteiger charge is -2.35. The fraction of sp³-hybridized carbons (Fsp3) is 0.571. The fourth-order valence-electron chi connectivity index (χ4n) is 2.28. The van der Waals surface area contributed by atoms with Crippen molar-refractivity contribution in [2.24, 2.45) is 0 Å². The molecule has 2 amide bonds. The van der Waals surface area contributed by atoms with Gasteiger partial charge in [-0.15, -0.1) is 0 Å². The van der Waals surface area contributed by atoms with Crippen LogP contribution in [-0.4, -0.2) is 47.8 Å². The first kappa shape index (κ1) is 14.6. The molecule has 1 aromatic rings. The van der Waals surface area contributed by atoms with Gasteiger partial charge in [0.25, 0.3) is 0 Å². The van der Waals surface area contributed by atoms with Crippen LogP contribution in [0.25, 0.3) is 0 Å². The summed E-state index contributed by atoms with van der Waals surface area (Å²) in [5, 5.41) is 2.85. The van der Waals surface area contributed by atoms with Crippen molar-refractivity contribution in [1.82, 2.24) is 9.88 Å². The van der Waals surface area contributed by atoms with Gasteiger partial charge in [-0.2, -0.15) is 0 Å². The average Bonchev–Trinajstić information content (AvgIpc) is 2.40. The minimum atomic E-state index is -0.152. The van der Waals surface area contributed by atoms with Crippen LogP contribution in [0.4, 0.5) is 10.5 Å². The molecule has 2 heterocycles. The molecule has 0 spiro atoms. The van der Waals surface area contributed by atoms with E-state index in [1.165, 1.54) is 0 Å². The maximum absolute atomic E-state index is 12.3. The van der Waals surface area contributed by atoms with Crippen LogP contribution in [0.15, 0.2) is 18.3 Å². The number of nitrogens with one attached hydrogen (secondary N) is 1. The SMILES string of the molecule is CCOc1ncccc1NC(=O)N1C[C@@H](C)O[C@@H](C)C1. The average molecular weight is 279 g/mol. The van der Waals surface area contributed by atoms with Gasteiger partial charge in [0.05, 0.1) is 18.8 Å². The summed E-state index contributed by atoms with van der Waals surface area (Å²) in [7, 11) is 0. The highest BCUT2D eigenvalue weighted by Crippen LogP contribution is 2.21. The van der Waals surface area contributed by atoms with Crippen molar-refractivity contribution in [3.8, 4) is 5.88 Å². The van der Waals surface area contributed by atoms with Crippen LogP contribution in [0.1, 0.15) is 20.8 Å². The number of morpholine rings is 1. The van der Waals surface area contributed by atoms with Crippen LogP contribution in [0.2, 0.25) is 0 Å². The van der Waals surface area contributed by atoms with Gasteiger partial charge in [-0.25, -0.2) is 9.78 Å². The molecule has 0 aliphatic carbocycles. The summed E-state index contributed by atoms with van der Waals surface area (Å²) in [6, 6.07) is 3.40. The number of ether oxygens (including phenoxy) is 2. The molecule has 0 radical (unpaired) electrons. The number of amides is 2. The Labute approximate surface area is 119 Å². The third-order valence-corrected chi connectivity index (χ3v) is 3.00. The predicted octanol–water partition coefficient (Wildman–Crippen LogP) is 2.12. The molecule has 1 N–H and O–H groups in total. The lowest BCUT2D eigenvalue weighted by molar-refractivity contribution is -0.0530. The number of nitrogens with zero attached hydrogens (tertiary/aromatic N) is 2. The zero-order chi connectivity index (χ0) is 14.5. The highest BCUT2D eigenvalue weighted by atomic mass is 16.5. The second kappa shape index (κ2) is 6.56. The van der Waals surface area contributed by atoms with E-state index < -0.39 is 0 Å². The Hall–Kier alpha value is -1.82. The zero-order valence-electron chi connectivity index (χ0n) is 12.1. The highest BCUT2D eigenvalue weighted by Gasteiger charge is 2.26. The lowest BCUT2D eigenvalue weighted by atomic mass is 10.2. The van der Waals surface area contributed by atoms with Crippen molar-refractivity contribution in [3.05, 3.63) is 18.3 Å². The third-order valence-electron chi connectivity index (χ3n) is 3.00. The molecule has 1 aliphatic heterocycles. The molecule has 0 unspecified atom stereocenters. The molecule has 2 rings (SSSR count). The van der Waals surface area contributed by atoms with Gasteiger partial charge >= 0.3 is 6.03 Å². The molecule has 0 saturated carbocycles. The molecule has 0 aromatic carbocycles. The van der Waals surface area contributed by atoms with E-state index >= 15 is 0 Å². The number of carbonyl (C=O) groups is 1. The summed E-state index contributed by atoms with van der Waals surface area (Å²) in [5.74, 6) is 0.442. The van der Waals surface area contributed by atoms with Gasteiger partial charge in [0.15, 0.2) is 0 Å². The van der Waals surface area contributed by atoms with Crippen LogP contribution in [0.3, 0.4) is 0 Å². The van der Waals surface area contributed by atoms with Gasteiger partial charge in [0.1, 0.15) is 5.69 Å². The normalized spacial score (nSPS) is 22.4. The predicted molar refractivity (Wildman–Crippen MR) is 76.0 cm³/mol. The Kier molecular flexibility index (Phi) is 4.79. The van der Waals surface area contributed by atoms with Gasteiger partial charge in [0, 0.05) is 19.3 Å². The molecule has 20 heavy (non-hydrogen) atoms. The fourth-order valence-corrected chi connectivity index (χ4v) is 2.28. The first-order valence-electron chi connectivity index (χ1n) is 6.89. The van der Waals surface area contributed by atoms with Crippen LogP contribution in [0, 0.1) is 0 Å². The summed E-state index contributed by atoms with van der Waals surface area (Å²) in [6.45, 7) is 7.48. The molecular weight excluding hydrogens is 258 g/mol. The molecule has 0 bridgehead atoms. The Morgan fingerprint density at radius 2 is 2.20 bits per heavy atom. The summed E-state index contributed by atoms with van der Waals surface area (Å²) >= 11 is 0. The molecule has 6 nitrogen and oxygen atoms in total. The molecule has 1 aromatic heterocycles. The molecule has 1 aliphatic rings. The first-order chi connectivity index (χ1) is 9.60. The van der Waals surface area contributed by atoms with E-state index in [0.717, 1.165) is 0 Å². The van der Waals surface area contributed by atoms with Crippen molar-refractivity contribution in [2.75, 3.05) is 25.0 Å². The van der Waals surface area contributed by atoms with E-state index in [1.807, 2.05) is 20.8 Å². The summed E-state index contributed by atoms with van der Waals surface area (Å²) in [5.41, 5.74) is 0.589. The minimum absolute atomic E-state index is 0.0461. The van der Waals surface area contributed by atoms with E-state index in [4.69, 9.17) is 9.47 Å². The van der Waals surface area contributed by atoms with Crippen LogP contribution in [0.5, 0.6) is 5.88 Å². The van der Waals surface area contributed by atoms with Gasteiger partial charge in [-0.3, -0.25) is 0 Å².